The van der Waals surface area contributed by atoms with Crippen LogP contribution in [0.2, 0.25) is 0 Å². The van der Waals surface area contributed by atoms with Crippen molar-refractivity contribution in [3.63, 3.8) is 0 Å². The first-order valence-electron chi connectivity index (χ1n) is 10.4. The molecule has 10 heteroatoms. The number of carbonyl (C=O) groups excluding carboxylic acids is 2. The smallest absolute Gasteiger partial charge is 0.291 e. The molecule has 35 heavy (non-hydrogen) atoms. The van der Waals surface area contributed by atoms with Crippen LogP contribution in [0.1, 0.15) is 20.9 Å². The minimum Gasteiger partial charge on any atom is -0.497 e. The molecule has 0 atom stereocenters. The maximum absolute atomic E-state index is 12.8. The van der Waals surface area contributed by atoms with Crippen LogP contribution in [0.15, 0.2) is 101 Å². The summed E-state index contributed by atoms with van der Waals surface area (Å²) in [7, 11) is -2.36. The van der Waals surface area contributed by atoms with E-state index >= 15 is 0 Å². The summed E-state index contributed by atoms with van der Waals surface area (Å²) in [6.07, 6.45) is 1.40. The lowest BCUT2D eigenvalue weighted by Gasteiger charge is -2.11. The summed E-state index contributed by atoms with van der Waals surface area (Å²) >= 11 is 0. The van der Waals surface area contributed by atoms with Crippen molar-refractivity contribution in [1.82, 2.24) is 0 Å². The van der Waals surface area contributed by atoms with Crippen molar-refractivity contribution in [2.75, 3.05) is 22.5 Å². The normalized spacial score (nSPS) is 10.9. The second-order valence-electron chi connectivity index (χ2n) is 7.32. The number of hydrogen-bond acceptors (Lipinski definition) is 6. The molecule has 0 spiro atoms. The Labute approximate surface area is 201 Å². The van der Waals surface area contributed by atoms with Crippen molar-refractivity contribution in [3.05, 3.63) is 103 Å². The zero-order valence-electron chi connectivity index (χ0n) is 18.5. The van der Waals surface area contributed by atoms with E-state index in [-0.39, 0.29) is 10.7 Å². The van der Waals surface area contributed by atoms with Gasteiger partial charge in [-0.05, 0) is 78.9 Å². The zero-order chi connectivity index (χ0) is 24.8. The molecule has 0 saturated heterocycles. The molecule has 3 aromatic carbocycles. The molecule has 0 fully saturated rings. The molecule has 0 saturated carbocycles. The third kappa shape index (κ3) is 5.87. The standard InChI is InChI=1S/C25H21N3O6S/c1-33-21-13-11-19(12-14-21)28-35(31,32)22-5-2-4-20(16-22)27-24(29)17-7-9-18(10-8-17)26-25(30)23-6-3-15-34-23/h2-16,28H,1H3,(H,26,30)(H,27,29). The van der Waals surface area contributed by atoms with Gasteiger partial charge in [0.25, 0.3) is 21.8 Å². The number of furan rings is 1. The molecule has 4 rings (SSSR count). The van der Waals surface area contributed by atoms with Crippen LogP contribution < -0.4 is 20.1 Å². The van der Waals surface area contributed by atoms with Gasteiger partial charge >= 0.3 is 0 Å². The third-order valence-electron chi connectivity index (χ3n) is 4.89. The zero-order valence-corrected chi connectivity index (χ0v) is 19.3. The Morgan fingerprint density at radius 1 is 0.771 bits per heavy atom. The number of sulfonamides is 1. The van der Waals surface area contributed by atoms with Gasteiger partial charge in [-0.25, -0.2) is 8.42 Å². The van der Waals surface area contributed by atoms with E-state index in [2.05, 4.69) is 15.4 Å². The van der Waals surface area contributed by atoms with Crippen molar-refractivity contribution in [3.8, 4) is 5.75 Å². The Morgan fingerprint density at radius 2 is 1.46 bits per heavy atom. The monoisotopic (exact) mass is 491 g/mol. The van der Waals surface area contributed by atoms with Crippen LogP contribution in [0.4, 0.5) is 17.1 Å². The number of carbonyl (C=O) groups is 2. The van der Waals surface area contributed by atoms with Gasteiger partial charge in [0, 0.05) is 22.6 Å². The molecule has 4 aromatic rings. The SMILES string of the molecule is COc1ccc(NS(=O)(=O)c2cccc(NC(=O)c3ccc(NC(=O)c4ccco4)cc3)c2)cc1. The fraction of sp³-hybridized carbons (Fsp3) is 0.0400. The fourth-order valence-electron chi connectivity index (χ4n) is 3.12. The summed E-state index contributed by atoms with van der Waals surface area (Å²) in [5.74, 6) is -0.0752. The van der Waals surface area contributed by atoms with E-state index in [9.17, 15) is 18.0 Å². The second kappa shape index (κ2) is 10.1. The lowest BCUT2D eigenvalue weighted by atomic mass is 10.2. The van der Waals surface area contributed by atoms with Crippen LogP contribution in [0.25, 0.3) is 0 Å². The van der Waals surface area contributed by atoms with Gasteiger partial charge < -0.3 is 19.8 Å². The first-order valence-corrected chi connectivity index (χ1v) is 11.9. The number of methoxy groups -OCH3 is 1. The van der Waals surface area contributed by atoms with Gasteiger partial charge in [0.05, 0.1) is 18.3 Å². The van der Waals surface area contributed by atoms with Crippen molar-refractivity contribution >= 4 is 38.9 Å². The number of rotatable bonds is 8. The fourth-order valence-corrected chi connectivity index (χ4v) is 4.23. The van der Waals surface area contributed by atoms with E-state index in [1.807, 2.05) is 0 Å². The highest BCUT2D eigenvalue weighted by Gasteiger charge is 2.16. The highest BCUT2D eigenvalue weighted by Crippen LogP contribution is 2.22. The second-order valence-corrected chi connectivity index (χ2v) is 9.01. The van der Waals surface area contributed by atoms with Gasteiger partial charge in [-0.2, -0.15) is 0 Å². The van der Waals surface area contributed by atoms with Gasteiger partial charge in [-0.15, -0.1) is 0 Å². The summed E-state index contributed by atoms with van der Waals surface area (Å²) in [5.41, 5.74) is 1.49. The van der Waals surface area contributed by atoms with Crippen LogP contribution in [0.5, 0.6) is 5.75 Å². The van der Waals surface area contributed by atoms with E-state index < -0.39 is 21.8 Å². The van der Waals surface area contributed by atoms with Gasteiger partial charge in [-0.3, -0.25) is 14.3 Å². The van der Waals surface area contributed by atoms with E-state index in [0.717, 1.165) is 0 Å². The molecule has 1 aromatic heterocycles. The van der Waals surface area contributed by atoms with Crippen LogP contribution >= 0.6 is 0 Å². The first-order chi connectivity index (χ1) is 16.8. The number of hydrogen-bond donors (Lipinski definition) is 3. The number of ether oxygens (including phenoxy) is 1. The van der Waals surface area contributed by atoms with Crippen LogP contribution in [0, 0.1) is 0 Å². The highest BCUT2D eigenvalue weighted by atomic mass is 32.2. The molecular formula is C25H21N3O6S. The molecule has 0 bridgehead atoms. The van der Waals surface area contributed by atoms with E-state index in [0.29, 0.717) is 28.4 Å². The Bertz CT molecular complexity index is 1430. The lowest BCUT2D eigenvalue weighted by molar-refractivity contribution is 0.0995. The molecule has 3 N–H and O–H groups in total. The molecule has 0 radical (unpaired) electrons. The highest BCUT2D eigenvalue weighted by molar-refractivity contribution is 7.92. The number of anilines is 3. The Hall–Kier alpha value is -4.57. The van der Waals surface area contributed by atoms with E-state index in [4.69, 9.17) is 9.15 Å². The number of amides is 2. The topological polar surface area (TPSA) is 127 Å². The van der Waals surface area contributed by atoms with Crippen molar-refractivity contribution in [1.29, 1.82) is 0 Å². The predicted molar refractivity (Wildman–Crippen MR) is 131 cm³/mol. The summed E-state index contributed by atoms with van der Waals surface area (Å²) < 4.78 is 38.2. The summed E-state index contributed by atoms with van der Waals surface area (Å²) in [6.45, 7) is 0. The quantitative estimate of drug-likeness (QED) is 0.331. The van der Waals surface area contributed by atoms with Crippen LogP contribution in [-0.2, 0) is 10.0 Å². The van der Waals surface area contributed by atoms with Crippen LogP contribution in [-0.4, -0.2) is 27.3 Å². The average molecular weight is 492 g/mol. The maximum atomic E-state index is 12.8. The first kappa shape index (κ1) is 23.6. The predicted octanol–water partition coefficient (Wildman–Crippen LogP) is 4.59. The van der Waals surface area contributed by atoms with Gasteiger partial charge in [0.2, 0.25) is 0 Å². The van der Waals surface area contributed by atoms with E-state index in [1.54, 1.807) is 60.7 Å². The summed E-state index contributed by atoms with van der Waals surface area (Å²) in [5, 5.41) is 5.35. The van der Waals surface area contributed by atoms with Gasteiger partial charge in [-0.1, -0.05) is 6.07 Å². The van der Waals surface area contributed by atoms with Crippen LogP contribution in [0.3, 0.4) is 0 Å². The molecule has 0 unspecified atom stereocenters. The minimum absolute atomic E-state index is 0.0119. The molecule has 0 aliphatic rings. The van der Waals surface area contributed by atoms with Gasteiger partial charge in [0.15, 0.2) is 5.76 Å². The molecule has 1 heterocycles. The summed E-state index contributed by atoms with van der Waals surface area (Å²) in [6, 6.07) is 21.8. The Balaban J connectivity index is 1.42. The Morgan fingerprint density at radius 3 is 2.11 bits per heavy atom. The van der Waals surface area contributed by atoms with Crippen molar-refractivity contribution < 1.29 is 27.2 Å². The van der Waals surface area contributed by atoms with Gasteiger partial charge in [0.1, 0.15) is 5.75 Å². The average Bonchev–Trinajstić information content (AvgIpc) is 3.40. The third-order valence-corrected chi connectivity index (χ3v) is 6.27. The molecule has 2 amide bonds. The largest absolute Gasteiger partial charge is 0.497 e. The van der Waals surface area contributed by atoms with Crippen molar-refractivity contribution in [2.45, 2.75) is 4.90 Å². The maximum Gasteiger partial charge on any atom is 0.291 e. The molecule has 9 nitrogen and oxygen atoms in total. The lowest BCUT2D eigenvalue weighted by Crippen LogP contribution is -2.15. The number of nitrogens with one attached hydrogen (secondary N) is 3. The minimum atomic E-state index is -3.88. The molecule has 178 valence electrons. The summed E-state index contributed by atoms with van der Waals surface area (Å²) in [4.78, 5) is 24.7. The molecular weight excluding hydrogens is 470 g/mol. The Kier molecular flexibility index (Phi) is 6.83. The molecule has 0 aliphatic heterocycles. The molecule has 0 aliphatic carbocycles. The van der Waals surface area contributed by atoms with E-state index in [1.165, 1.54) is 37.6 Å². The number of benzene rings is 3. The van der Waals surface area contributed by atoms with Crippen molar-refractivity contribution in [2.24, 2.45) is 0 Å².